The zero-order valence-corrected chi connectivity index (χ0v) is 29.7. The minimum atomic E-state index is 0.554. The van der Waals surface area contributed by atoms with Gasteiger partial charge in [0.15, 0.2) is 5.82 Å². The first kappa shape index (κ1) is 31.1. The van der Waals surface area contributed by atoms with Crippen molar-refractivity contribution >= 4 is 43.8 Å². The maximum atomic E-state index is 6.76. The molecule has 0 aliphatic carbocycles. The molecule has 0 amide bonds. The monoisotopic (exact) mass is 704 g/mol. The molecule has 0 radical (unpaired) electrons. The van der Waals surface area contributed by atoms with Crippen LogP contribution in [0.2, 0.25) is 0 Å². The minimum Gasteiger partial charge on any atom is -0.437 e. The number of aromatic nitrogens is 4. The molecule has 0 unspecified atom stereocenters. The first-order valence-corrected chi connectivity index (χ1v) is 18.5. The van der Waals surface area contributed by atoms with E-state index >= 15 is 0 Å². The van der Waals surface area contributed by atoms with E-state index in [1.54, 1.807) is 0 Å². The average Bonchev–Trinajstić information content (AvgIpc) is 3.97. The maximum Gasteiger partial charge on any atom is 0.231 e. The minimum absolute atomic E-state index is 0.554. The predicted molar refractivity (Wildman–Crippen MR) is 225 cm³/mol. The van der Waals surface area contributed by atoms with Crippen molar-refractivity contribution in [1.82, 2.24) is 19.1 Å². The van der Waals surface area contributed by atoms with E-state index in [-0.39, 0.29) is 0 Å². The predicted octanol–water partition coefficient (Wildman–Crippen LogP) is 12.9. The molecule has 258 valence electrons. The van der Waals surface area contributed by atoms with Crippen molar-refractivity contribution < 1.29 is 4.42 Å². The van der Waals surface area contributed by atoms with Crippen LogP contribution in [0.15, 0.2) is 199 Å². The molecular weight excluding hydrogens is 673 g/mol. The quantitative estimate of drug-likeness (QED) is 0.173. The Morgan fingerprint density at radius 2 is 1.05 bits per heavy atom. The molecule has 0 aliphatic heterocycles. The van der Waals surface area contributed by atoms with Gasteiger partial charge in [0.1, 0.15) is 5.76 Å². The fourth-order valence-corrected chi connectivity index (χ4v) is 8.13. The molecule has 0 saturated carbocycles. The lowest BCUT2D eigenvalue weighted by Gasteiger charge is -2.11. The normalized spacial score (nSPS) is 11.6. The Morgan fingerprint density at radius 3 is 1.78 bits per heavy atom. The van der Waals surface area contributed by atoms with Gasteiger partial charge in [-0.05, 0) is 60.2 Å². The second kappa shape index (κ2) is 12.6. The molecule has 0 bridgehead atoms. The number of para-hydroxylation sites is 2. The summed E-state index contributed by atoms with van der Waals surface area (Å²) in [5, 5.41) is 4.54. The Bertz CT molecular complexity index is 3160. The Labute approximate surface area is 317 Å². The second-order valence-corrected chi connectivity index (χ2v) is 13.8. The van der Waals surface area contributed by atoms with E-state index in [4.69, 9.17) is 14.4 Å². The first-order chi connectivity index (χ1) is 27.3. The molecule has 0 saturated heterocycles. The van der Waals surface area contributed by atoms with Crippen molar-refractivity contribution in [3.05, 3.63) is 194 Å². The van der Waals surface area contributed by atoms with E-state index < -0.39 is 0 Å². The van der Waals surface area contributed by atoms with Crippen LogP contribution >= 0.6 is 0 Å². The number of furan rings is 1. The summed E-state index contributed by atoms with van der Waals surface area (Å²) in [5.74, 6) is 1.38. The van der Waals surface area contributed by atoms with Gasteiger partial charge in [-0.25, -0.2) is 4.98 Å². The fourth-order valence-electron chi connectivity index (χ4n) is 8.13. The highest BCUT2D eigenvalue weighted by Gasteiger charge is 2.25. The third kappa shape index (κ3) is 5.02. The molecule has 4 aromatic heterocycles. The number of benzene rings is 7. The van der Waals surface area contributed by atoms with E-state index in [2.05, 4.69) is 173 Å². The van der Waals surface area contributed by atoms with Gasteiger partial charge in [-0.3, -0.25) is 0 Å². The maximum absolute atomic E-state index is 6.76. The van der Waals surface area contributed by atoms with Gasteiger partial charge in [0.05, 0.1) is 27.6 Å². The molecule has 11 aromatic rings. The average molecular weight is 705 g/mol. The van der Waals surface area contributed by atoms with Crippen LogP contribution in [0.4, 0.5) is 0 Å². The fraction of sp³-hybridized carbons (Fsp3) is 0. The molecule has 4 heterocycles. The van der Waals surface area contributed by atoms with Crippen molar-refractivity contribution in [2.45, 2.75) is 0 Å². The number of nitrogens with zero attached hydrogens (tertiary/aromatic N) is 4. The van der Waals surface area contributed by atoms with Crippen LogP contribution in [0.3, 0.4) is 0 Å². The van der Waals surface area contributed by atoms with Crippen molar-refractivity contribution in [3.63, 3.8) is 0 Å². The summed E-state index contributed by atoms with van der Waals surface area (Å²) in [6.07, 6.45) is 2.17. The molecule has 0 spiro atoms. The molecule has 0 aliphatic rings. The Kier molecular flexibility index (Phi) is 7.10. The molecule has 0 atom stereocenters. The molecule has 7 aromatic carbocycles. The van der Waals surface area contributed by atoms with Crippen LogP contribution in [-0.2, 0) is 0 Å². The van der Waals surface area contributed by atoms with Crippen LogP contribution in [-0.4, -0.2) is 19.1 Å². The summed E-state index contributed by atoms with van der Waals surface area (Å²) < 4.78 is 11.4. The summed E-state index contributed by atoms with van der Waals surface area (Å²) in [6, 6.07) is 65.5. The van der Waals surface area contributed by atoms with Gasteiger partial charge in [0.25, 0.3) is 0 Å². The van der Waals surface area contributed by atoms with Crippen LogP contribution in [0, 0.1) is 0 Å². The third-order valence-electron chi connectivity index (χ3n) is 10.6. The van der Waals surface area contributed by atoms with Crippen molar-refractivity contribution in [3.8, 4) is 56.5 Å². The summed E-state index contributed by atoms with van der Waals surface area (Å²) in [6.45, 7) is 0. The lowest BCUT2D eigenvalue weighted by atomic mass is 9.96. The summed E-state index contributed by atoms with van der Waals surface area (Å²) in [5.41, 5.74) is 12.0. The lowest BCUT2D eigenvalue weighted by molar-refractivity contribution is 0.619. The first-order valence-electron chi connectivity index (χ1n) is 18.5. The zero-order chi connectivity index (χ0) is 36.3. The van der Waals surface area contributed by atoms with E-state index in [0.717, 1.165) is 67.1 Å². The highest BCUT2D eigenvalue weighted by atomic mass is 16.3. The van der Waals surface area contributed by atoms with Gasteiger partial charge >= 0.3 is 0 Å². The SMILES string of the molecule is c1ccc(-c2oc3nc(-c4ccc(-n5c6ccccc6c6ccc7c(ccn7-c7ccccc7)c65)cc4)nc(-c4ccccc4)c3c2-c2ccccc2)cc1. The number of hydrogen-bond acceptors (Lipinski definition) is 3. The number of rotatable bonds is 6. The van der Waals surface area contributed by atoms with E-state index in [0.29, 0.717) is 11.5 Å². The van der Waals surface area contributed by atoms with E-state index in [1.807, 2.05) is 30.3 Å². The van der Waals surface area contributed by atoms with Crippen LogP contribution in [0.1, 0.15) is 0 Å². The second-order valence-electron chi connectivity index (χ2n) is 13.8. The standard InChI is InChI=1S/C50H32N4O/c1-5-15-33(16-6-1)44-45-46(34-17-7-2-8-18-34)51-49(52-50(45)55-48(44)35-19-9-3-10-20-35)36-25-27-38(28-26-36)54-43-24-14-13-23-39(43)40-29-30-42-41(47(40)54)31-32-53(42)37-21-11-4-12-22-37/h1-32H. The van der Waals surface area contributed by atoms with Crippen LogP contribution in [0.25, 0.3) is 100 Å². The Morgan fingerprint density at radius 1 is 0.418 bits per heavy atom. The molecule has 5 nitrogen and oxygen atoms in total. The van der Waals surface area contributed by atoms with Crippen molar-refractivity contribution in [2.75, 3.05) is 0 Å². The van der Waals surface area contributed by atoms with Crippen molar-refractivity contribution in [1.29, 1.82) is 0 Å². The molecule has 0 fully saturated rings. The number of fused-ring (bicyclic) bond motifs is 6. The summed E-state index contributed by atoms with van der Waals surface area (Å²) >= 11 is 0. The third-order valence-corrected chi connectivity index (χ3v) is 10.6. The lowest BCUT2D eigenvalue weighted by Crippen LogP contribution is -1.97. The van der Waals surface area contributed by atoms with Gasteiger partial charge in [0.2, 0.25) is 5.71 Å². The Balaban J connectivity index is 1.10. The van der Waals surface area contributed by atoms with E-state index in [1.165, 1.54) is 21.7 Å². The smallest absolute Gasteiger partial charge is 0.231 e. The molecule has 0 N–H and O–H groups in total. The van der Waals surface area contributed by atoms with Gasteiger partial charge in [0, 0.05) is 56.0 Å². The van der Waals surface area contributed by atoms with Gasteiger partial charge < -0.3 is 13.6 Å². The topological polar surface area (TPSA) is 48.8 Å². The molecular formula is C50H32N4O. The zero-order valence-electron chi connectivity index (χ0n) is 29.7. The highest BCUT2D eigenvalue weighted by molar-refractivity contribution is 6.18. The summed E-state index contributed by atoms with van der Waals surface area (Å²) in [7, 11) is 0. The van der Waals surface area contributed by atoms with Gasteiger partial charge in [-0.2, -0.15) is 4.98 Å². The molecule has 5 heteroatoms. The molecule has 11 rings (SSSR count). The largest absolute Gasteiger partial charge is 0.437 e. The van der Waals surface area contributed by atoms with E-state index in [9.17, 15) is 0 Å². The summed E-state index contributed by atoms with van der Waals surface area (Å²) in [4.78, 5) is 10.5. The Hall–Kier alpha value is -7.50. The highest BCUT2D eigenvalue weighted by Crippen LogP contribution is 2.45. The van der Waals surface area contributed by atoms with Crippen molar-refractivity contribution in [2.24, 2.45) is 0 Å². The number of hydrogen-bond donors (Lipinski definition) is 0. The van der Waals surface area contributed by atoms with Crippen LogP contribution < -0.4 is 0 Å². The van der Waals surface area contributed by atoms with Crippen LogP contribution in [0.5, 0.6) is 0 Å². The van der Waals surface area contributed by atoms with Gasteiger partial charge in [-0.15, -0.1) is 0 Å². The molecule has 55 heavy (non-hydrogen) atoms. The van der Waals surface area contributed by atoms with Gasteiger partial charge in [-0.1, -0.05) is 133 Å².